The zero-order valence-corrected chi connectivity index (χ0v) is 40.2. The Kier molecular flexibility index (Phi) is 8.09. The first-order valence-corrected chi connectivity index (χ1v) is 25.9. The van der Waals surface area contributed by atoms with Crippen LogP contribution in [0.1, 0.15) is 0 Å². The Balaban J connectivity index is 0.000000126. The first-order chi connectivity index (χ1) is 36.7. The van der Waals surface area contributed by atoms with Gasteiger partial charge < -0.3 is 0 Å². The molecule has 18 rings (SSSR count). The first kappa shape index (κ1) is 40.0. The Hall–Kier alpha value is -9.62. The molecule has 0 aliphatic carbocycles. The Morgan fingerprint density at radius 2 is 0.392 bits per heavy atom. The SMILES string of the molecule is c1cc2ccc3ccc(-c4ccc5ccc6cccc7ccc4c5c67)c4ccc(c1)c2c34.c1cc2ccc3cccc4c(-c5ccc6ccc(-c7cc8cccc9ccc%10cccc7c%10c98)cc6c5)cc(c1)c2c34. The van der Waals surface area contributed by atoms with Gasteiger partial charge in [0.15, 0.2) is 0 Å². The topological polar surface area (TPSA) is 0 Å². The molecule has 74 heavy (non-hydrogen) atoms. The highest BCUT2D eigenvalue weighted by atomic mass is 14.2. The van der Waals surface area contributed by atoms with E-state index in [1.165, 1.54) is 173 Å². The number of benzene rings is 18. The molecule has 18 aromatic carbocycles. The van der Waals surface area contributed by atoms with Gasteiger partial charge in [0.25, 0.3) is 0 Å². The lowest BCUT2D eigenvalue weighted by molar-refractivity contribution is 1.68. The van der Waals surface area contributed by atoms with E-state index in [9.17, 15) is 0 Å². The summed E-state index contributed by atoms with van der Waals surface area (Å²) in [6.45, 7) is 0. The van der Waals surface area contributed by atoms with Crippen molar-refractivity contribution in [1.82, 2.24) is 0 Å². The van der Waals surface area contributed by atoms with Gasteiger partial charge >= 0.3 is 0 Å². The van der Waals surface area contributed by atoms with Crippen molar-refractivity contribution in [1.29, 1.82) is 0 Å². The van der Waals surface area contributed by atoms with Crippen molar-refractivity contribution in [2.45, 2.75) is 0 Å². The lowest BCUT2D eigenvalue weighted by Crippen LogP contribution is -1.90. The van der Waals surface area contributed by atoms with Gasteiger partial charge in [0.05, 0.1) is 0 Å². The molecule has 0 heteroatoms. The summed E-state index contributed by atoms with van der Waals surface area (Å²) < 4.78 is 0. The van der Waals surface area contributed by atoms with Crippen LogP contribution in [0.25, 0.3) is 173 Å². The summed E-state index contributed by atoms with van der Waals surface area (Å²) >= 11 is 0. The maximum Gasteiger partial charge on any atom is -0.00206 e. The average molecular weight is 931 g/mol. The summed E-state index contributed by atoms with van der Waals surface area (Å²) in [6, 6.07) is 95.1. The van der Waals surface area contributed by atoms with E-state index in [4.69, 9.17) is 0 Å². The van der Waals surface area contributed by atoms with Crippen molar-refractivity contribution in [3.8, 4) is 33.4 Å². The first-order valence-electron chi connectivity index (χ1n) is 25.9. The zero-order valence-electron chi connectivity index (χ0n) is 40.2. The molecule has 0 saturated carbocycles. The molecule has 0 saturated heterocycles. The zero-order chi connectivity index (χ0) is 48.2. The van der Waals surface area contributed by atoms with Gasteiger partial charge in [-0.1, -0.05) is 231 Å². The monoisotopic (exact) mass is 930 g/mol. The van der Waals surface area contributed by atoms with Crippen molar-refractivity contribution in [3.63, 3.8) is 0 Å². The van der Waals surface area contributed by atoms with Crippen LogP contribution in [0.4, 0.5) is 0 Å². The van der Waals surface area contributed by atoms with Crippen LogP contribution in [0.3, 0.4) is 0 Å². The van der Waals surface area contributed by atoms with Crippen molar-refractivity contribution in [2.24, 2.45) is 0 Å². The fourth-order valence-electron chi connectivity index (χ4n) is 13.5. The van der Waals surface area contributed by atoms with Gasteiger partial charge in [-0.15, -0.1) is 0 Å². The molecule has 0 aliphatic rings. The largest absolute Gasteiger partial charge is 0.0610 e. The molecule has 0 radical (unpaired) electrons. The third kappa shape index (κ3) is 5.63. The average Bonchev–Trinajstić information content (AvgIpc) is 3.51. The van der Waals surface area contributed by atoms with Crippen LogP contribution in [0.15, 0.2) is 255 Å². The molecular weight excluding hydrogens is 889 g/mol. The van der Waals surface area contributed by atoms with Crippen LogP contribution >= 0.6 is 0 Å². The molecular formula is C74H42. The molecule has 18 aromatic rings. The lowest BCUT2D eigenvalue weighted by atomic mass is 9.86. The summed E-state index contributed by atoms with van der Waals surface area (Å²) in [4.78, 5) is 0. The summed E-state index contributed by atoms with van der Waals surface area (Å²) in [5.41, 5.74) is 7.73. The second-order valence-corrected chi connectivity index (χ2v) is 20.7. The van der Waals surface area contributed by atoms with E-state index >= 15 is 0 Å². The fraction of sp³-hybridized carbons (Fsp3) is 0. The molecule has 0 aliphatic heterocycles. The van der Waals surface area contributed by atoms with Gasteiger partial charge in [-0.3, -0.25) is 0 Å². The minimum atomic E-state index is 1.26. The van der Waals surface area contributed by atoms with Gasteiger partial charge in [0.2, 0.25) is 0 Å². The van der Waals surface area contributed by atoms with Gasteiger partial charge in [0.1, 0.15) is 0 Å². The van der Waals surface area contributed by atoms with Crippen LogP contribution < -0.4 is 0 Å². The van der Waals surface area contributed by atoms with Crippen molar-refractivity contribution in [3.05, 3.63) is 255 Å². The Morgan fingerprint density at radius 1 is 0.135 bits per heavy atom. The van der Waals surface area contributed by atoms with Crippen LogP contribution in [0, 0.1) is 0 Å². The molecule has 0 amide bonds. The molecule has 0 fully saturated rings. The van der Waals surface area contributed by atoms with Crippen LogP contribution in [-0.4, -0.2) is 0 Å². The predicted molar refractivity (Wildman–Crippen MR) is 322 cm³/mol. The van der Waals surface area contributed by atoms with Crippen molar-refractivity contribution in [2.75, 3.05) is 0 Å². The molecule has 0 bridgehead atoms. The molecule has 338 valence electrons. The van der Waals surface area contributed by atoms with Gasteiger partial charge in [-0.05, 0) is 198 Å². The maximum absolute atomic E-state index is 2.39. The van der Waals surface area contributed by atoms with E-state index in [-0.39, 0.29) is 0 Å². The molecule has 0 unspecified atom stereocenters. The van der Waals surface area contributed by atoms with Gasteiger partial charge in [-0.25, -0.2) is 0 Å². The number of rotatable bonds is 3. The second-order valence-electron chi connectivity index (χ2n) is 20.7. The van der Waals surface area contributed by atoms with Crippen molar-refractivity contribution >= 4 is 140 Å². The van der Waals surface area contributed by atoms with Crippen LogP contribution in [0.5, 0.6) is 0 Å². The van der Waals surface area contributed by atoms with E-state index in [0.717, 1.165) is 0 Å². The number of fused-ring (bicyclic) bond motifs is 1. The van der Waals surface area contributed by atoms with E-state index in [1.54, 1.807) is 0 Å². The molecule has 0 nitrogen and oxygen atoms in total. The van der Waals surface area contributed by atoms with Crippen molar-refractivity contribution < 1.29 is 0 Å². The highest BCUT2D eigenvalue weighted by molar-refractivity contribution is 6.31. The molecule has 0 heterocycles. The Bertz CT molecular complexity index is 4950. The predicted octanol–water partition coefficient (Wildman–Crippen LogP) is 21.1. The van der Waals surface area contributed by atoms with Gasteiger partial charge in [-0.2, -0.15) is 0 Å². The maximum atomic E-state index is 2.39. The van der Waals surface area contributed by atoms with E-state index in [1.807, 2.05) is 0 Å². The third-order valence-corrected chi connectivity index (χ3v) is 16.8. The number of hydrogen-bond acceptors (Lipinski definition) is 0. The molecule has 0 aromatic heterocycles. The number of hydrogen-bond donors (Lipinski definition) is 0. The van der Waals surface area contributed by atoms with Gasteiger partial charge in [0, 0.05) is 0 Å². The molecule has 0 spiro atoms. The molecule has 0 N–H and O–H groups in total. The Labute approximate surface area is 425 Å². The van der Waals surface area contributed by atoms with E-state index in [0.29, 0.717) is 0 Å². The lowest BCUT2D eigenvalue weighted by Gasteiger charge is -2.17. The fourth-order valence-corrected chi connectivity index (χ4v) is 13.5. The van der Waals surface area contributed by atoms with Crippen LogP contribution in [0.2, 0.25) is 0 Å². The van der Waals surface area contributed by atoms with E-state index < -0.39 is 0 Å². The van der Waals surface area contributed by atoms with Crippen LogP contribution in [-0.2, 0) is 0 Å². The summed E-state index contributed by atoms with van der Waals surface area (Å²) in [5.74, 6) is 0. The summed E-state index contributed by atoms with van der Waals surface area (Å²) in [7, 11) is 0. The minimum Gasteiger partial charge on any atom is -0.0610 e. The molecule has 0 atom stereocenters. The minimum absolute atomic E-state index is 1.26. The second kappa shape index (κ2) is 15.0. The third-order valence-electron chi connectivity index (χ3n) is 16.8. The highest BCUT2D eigenvalue weighted by Gasteiger charge is 2.18. The Morgan fingerprint density at radius 3 is 0.770 bits per heavy atom. The quantitative estimate of drug-likeness (QED) is 0.155. The standard InChI is InChI=1S/C42H24.C32H18/c1-5-26-15-17-28-7-3-11-35-37(23-32(9-1)39(26)41(28)35)30-19-13-25-14-20-31(22-34(25)21-30)38-24-33-10-2-6-27-16-18-29-8-4-12-36(38)42(29)40(27)33;1-3-19-7-9-23-11-15-25(27-17-13-21(5-1)29(19)31(23)27)26-16-12-24-10-8-20-4-2-6-22-14-18-28(26)32(24)30(20)22/h1-24H;1-18H. The smallest absolute Gasteiger partial charge is 0.00206 e. The normalized spacial score (nSPS) is 12.3. The highest BCUT2D eigenvalue weighted by Crippen LogP contribution is 2.46. The summed E-state index contributed by atoms with van der Waals surface area (Å²) in [5, 5.41) is 34.5. The summed E-state index contributed by atoms with van der Waals surface area (Å²) in [6.07, 6.45) is 0. The van der Waals surface area contributed by atoms with E-state index in [2.05, 4.69) is 255 Å².